The van der Waals surface area contributed by atoms with Gasteiger partial charge in [0, 0.05) is 12.6 Å². The first-order valence-corrected chi connectivity index (χ1v) is 12.0. The molecule has 2 aliphatic rings. The third-order valence-corrected chi connectivity index (χ3v) is 6.69. The minimum Gasteiger partial charge on any atom is -0.508 e. The van der Waals surface area contributed by atoms with Gasteiger partial charge in [0.15, 0.2) is 0 Å². The van der Waals surface area contributed by atoms with Crippen molar-refractivity contribution in [2.24, 2.45) is 0 Å². The largest absolute Gasteiger partial charge is 0.508 e. The summed E-state index contributed by atoms with van der Waals surface area (Å²) in [7, 11) is 2.18. The first-order valence-electron chi connectivity index (χ1n) is 12.0. The highest BCUT2D eigenvalue weighted by molar-refractivity contribution is 5.99. The molecule has 1 fully saturated rings. The Morgan fingerprint density at radius 1 is 1.06 bits per heavy atom. The Morgan fingerprint density at radius 3 is 2.48 bits per heavy atom. The fraction of sp³-hybridized carbons (Fsp3) is 0.379. The molecule has 2 N–H and O–H groups in total. The molecule has 174 valence electrons. The number of hydrogen-bond acceptors (Lipinski definition) is 4. The molecule has 1 heterocycles. The van der Waals surface area contributed by atoms with Crippen LogP contribution >= 0.6 is 0 Å². The zero-order valence-electron chi connectivity index (χ0n) is 19.5. The van der Waals surface area contributed by atoms with E-state index in [1.807, 2.05) is 18.2 Å². The normalized spacial score (nSPS) is 21.7. The standard InChI is InChI=1S/C29H35NO3/c1-30-19-5-9-25(30)21-33-27-17-13-24(14-18-27)29(23-11-15-26(32)16-12-23)28(10-6-20-31)22-7-3-2-4-8-22/h2-4,7-8,11-17,25,27,31-32H,5-6,9-10,18-21H2,1H3/b29-28-/t25-,27?/m1/s1. The van der Waals surface area contributed by atoms with Crippen molar-refractivity contribution >= 4 is 11.1 Å². The molecular formula is C29H35NO3. The lowest BCUT2D eigenvalue weighted by molar-refractivity contribution is 0.0493. The molecule has 0 bridgehead atoms. The van der Waals surface area contributed by atoms with Crippen LogP contribution in [0.5, 0.6) is 5.75 Å². The van der Waals surface area contributed by atoms with Crippen molar-refractivity contribution in [1.82, 2.24) is 4.90 Å². The van der Waals surface area contributed by atoms with Crippen LogP contribution in [0.3, 0.4) is 0 Å². The Bertz CT molecular complexity index is 991. The van der Waals surface area contributed by atoms with Crippen LogP contribution in [0.25, 0.3) is 11.1 Å². The monoisotopic (exact) mass is 445 g/mol. The molecule has 1 aliphatic heterocycles. The van der Waals surface area contributed by atoms with Crippen LogP contribution < -0.4 is 0 Å². The summed E-state index contributed by atoms with van der Waals surface area (Å²) in [4.78, 5) is 2.40. The number of nitrogens with zero attached hydrogens (tertiary/aromatic N) is 1. The van der Waals surface area contributed by atoms with Gasteiger partial charge in [-0.1, -0.05) is 60.7 Å². The second-order valence-corrected chi connectivity index (χ2v) is 9.00. The van der Waals surface area contributed by atoms with Crippen molar-refractivity contribution in [3.8, 4) is 5.75 Å². The van der Waals surface area contributed by atoms with Gasteiger partial charge >= 0.3 is 0 Å². The molecule has 1 aliphatic carbocycles. The molecule has 1 unspecified atom stereocenters. The van der Waals surface area contributed by atoms with Gasteiger partial charge in [-0.3, -0.25) is 0 Å². The number of phenolic OH excluding ortho intramolecular Hbond substituents is 1. The lowest BCUT2D eigenvalue weighted by Gasteiger charge is -2.25. The SMILES string of the molecule is CN1CCC[C@@H]1COC1C=CC(/C(=C(/CCCO)c2ccccc2)c2ccc(O)cc2)=CC1. The zero-order valence-corrected chi connectivity index (χ0v) is 19.5. The van der Waals surface area contributed by atoms with Crippen molar-refractivity contribution in [3.63, 3.8) is 0 Å². The maximum absolute atomic E-state index is 9.85. The maximum Gasteiger partial charge on any atom is 0.115 e. The molecule has 2 atom stereocenters. The summed E-state index contributed by atoms with van der Waals surface area (Å²) < 4.78 is 6.24. The summed E-state index contributed by atoms with van der Waals surface area (Å²) in [5.74, 6) is 0.258. The fourth-order valence-electron chi connectivity index (χ4n) is 4.79. The van der Waals surface area contributed by atoms with E-state index in [0.29, 0.717) is 12.5 Å². The Balaban J connectivity index is 1.62. The number of likely N-dealkylation sites (N-methyl/N-ethyl adjacent to an activating group) is 1. The lowest BCUT2D eigenvalue weighted by Crippen LogP contribution is -2.31. The fourth-order valence-corrected chi connectivity index (χ4v) is 4.79. The minimum atomic E-state index is 0.0986. The Kier molecular flexibility index (Phi) is 8.16. The second-order valence-electron chi connectivity index (χ2n) is 9.00. The van der Waals surface area contributed by atoms with E-state index in [2.05, 4.69) is 54.4 Å². The number of aromatic hydroxyl groups is 1. The molecule has 2 aromatic carbocycles. The second kappa shape index (κ2) is 11.5. The van der Waals surface area contributed by atoms with Gasteiger partial charge in [0.2, 0.25) is 0 Å². The molecule has 4 nitrogen and oxygen atoms in total. The molecule has 0 aromatic heterocycles. The van der Waals surface area contributed by atoms with E-state index in [0.717, 1.165) is 48.3 Å². The number of aliphatic hydroxyl groups is 1. The summed E-state index contributed by atoms with van der Waals surface area (Å²) in [6.45, 7) is 2.09. The molecular weight excluding hydrogens is 410 g/mol. The Labute approximate surface area is 197 Å². The Morgan fingerprint density at radius 2 is 1.85 bits per heavy atom. The van der Waals surface area contributed by atoms with E-state index in [4.69, 9.17) is 4.74 Å². The molecule has 33 heavy (non-hydrogen) atoms. The van der Waals surface area contributed by atoms with Crippen molar-refractivity contribution < 1.29 is 14.9 Å². The van der Waals surface area contributed by atoms with Crippen LogP contribution in [0.15, 0.2) is 78.4 Å². The third-order valence-electron chi connectivity index (χ3n) is 6.69. The van der Waals surface area contributed by atoms with Crippen molar-refractivity contribution in [1.29, 1.82) is 0 Å². The molecule has 0 amide bonds. The summed E-state index contributed by atoms with van der Waals surface area (Å²) in [6.07, 6.45) is 11.5. The molecule has 0 spiro atoms. The van der Waals surface area contributed by atoms with Crippen molar-refractivity contribution in [2.45, 2.75) is 44.2 Å². The quantitative estimate of drug-likeness (QED) is 0.505. The average molecular weight is 446 g/mol. The summed E-state index contributed by atoms with van der Waals surface area (Å²) in [5, 5.41) is 19.4. The van der Waals surface area contributed by atoms with Gasteiger partial charge < -0.3 is 19.8 Å². The molecule has 2 aromatic rings. The van der Waals surface area contributed by atoms with E-state index < -0.39 is 0 Å². The summed E-state index contributed by atoms with van der Waals surface area (Å²) in [5.41, 5.74) is 5.74. The lowest BCUT2D eigenvalue weighted by atomic mass is 9.85. The number of ether oxygens (including phenoxy) is 1. The third kappa shape index (κ3) is 6.02. The number of likely N-dealkylation sites (tertiary alicyclic amines) is 1. The van der Waals surface area contributed by atoms with Gasteiger partial charge in [-0.05, 0) is 85.7 Å². The minimum absolute atomic E-state index is 0.0986. The van der Waals surface area contributed by atoms with Gasteiger partial charge in [0.1, 0.15) is 5.75 Å². The number of aliphatic hydroxyl groups excluding tert-OH is 1. The predicted octanol–water partition coefficient (Wildman–Crippen LogP) is 5.44. The highest BCUT2D eigenvalue weighted by Gasteiger charge is 2.23. The highest BCUT2D eigenvalue weighted by Crippen LogP contribution is 2.37. The number of rotatable bonds is 9. The molecule has 1 saturated heterocycles. The Hall–Kier alpha value is -2.66. The van der Waals surface area contributed by atoms with Crippen LogP contribution in [0.1, 0.15) is 43.2 Å². The van der Waals surface area contributed by atoms with E-state index in [1.165, 1.54) is 18.4 Å². The van der Waals surface area contributed by atoms with E-state index >= 15 is 0 Å². The van der Waals surface area contributed by atoms with Gasteiger partial charge in [-0.25, -0.2) is 0 Å². The first kappa shape index (κ1) is 23.5. The predicted molar refractivity (Wildman–Crippen MR) is 135 cm³/mol. The van der Waals surface area contributed by atoms with Gasteiger partial charge in [0.05, 0.1) is 12.7 Å². The van der Waals surface area contributed by atoms with Crippen LogP contribution in [-0.4, -0.2) is 54.1 Å². The zero-order chi connectivity index (χ0) is 23.0. The van der Waals surface area contributed by atoms with Gasteiger partial charge in [-0.15, -0.1) is 0 Å². The van der Waals surface area contributed by atoms with Crippen LogP contribution in [0.4, 0.5) is 0 Å². The van der Waals surface area contributed by atoms with Crippen molar-refractivity contribution in [2.75, 3.05) is 26.8 Å². The van der Waals surface area contributed by atoms with E-state index in [-0.39, 0.29) is 18.5 Å². The topological polar surface area (TPSA) is 52.9 Å². The number of benzene rings is 2. The maximum atomic E-state index is 9.85. The van der Waals surface area contributed by atoms with E-state index in [1.54, 1.807) is 12.1 Å². The molecule has 0 saturated carbocycles. The highest BCUT2D eigenvalue weighted by atomic mass is 16.5. The van der Waals surface area contributed by atoms with Gasteiger partial charge in [-0.2, -0.15) is 0 Å². The van der Waals surface area contributed by atoms with Crippen molar-refractivity contribution in [3.05, 3.63) is 89.5 Å². The molecule has 4 rings (SSSR count). The number of hydrogen-bond donors (Lipinski definition) is 2. The van der Waals surface area contributed by atoms with E-state index in [9.17, 15) is 10.2 Å². The summed E-state index contributed by atoms with van der Waals surface area (Å²) >= 11 is 0. The smallest absolute Gasteiger partial charge is 0.115 e. The molecule has 0 radical (unpaired) electrons. The van der Waals surface area contributed by atoms with Crippen LogP contribution in [0, 0.1) is 0 Å². The van der Waals surface area contributed by atoms with Gasteiger partial charge in [0.25, 0.3) is 0 Å². The first-order chi connectivity index (χ1) is 16.2. The average Bonchev–Trinajstić information content (AvgIpc) is 3.27. The number of allylic oxidation sites excluding steroid dienone is 4. The van der Waals surface area contributed by atoms with Crippen LogP contribution in [0.2, 0.25) is 0 Å². The summed E-state index contributed by atoms with van der Waals surface area (Å²) in [6, 6.07) is 18.3. The molecule has 4 heteroatoms. The number of phenols is 1. The van der Waals surface area contributed by atoms with Crippen LogP contribution in [-0.2, 0) is 4.74 Å².